The number of halogens is 1. The van der Waals surface area contributed by atoms with Crippen molar-refractivity contribution in [1.29, 1.82) is 0 Å². The summed E-state index contributed by atoms with van der Waals surface area (Å²) in [4.78, 5) is 10.9. The molecule has 0 saturated heterocycles. The number of hydrogen-bond donors (Lipinski definition) is 0. The van der Waals surface area contributed by atoms with Gasteiger partial charge in [-0.3, -0.25) is 0 Å². The van der Waals surface area contributed by atoms with E-state index in [1.54, 1.807) is 25.3 Å². The van der Waals surface area contributed by atoms with Crippen LogP contribution < -0.4 is 0 Å². The van der Waals surface area contributed by atoms with Crippen molar-refractivity contribution in [1.82, 2.24) is 0 Å². The quantitative estimate of drug-likeness (QED) is 0.607. The third-order valence-electron chi connectivity index (χ3n) is 1.26. The van der Waals surface area contributed by atoms with Crippen LogP contribution in [0.5, 0.6) is 0 Å². The minimum atomic E-state index is -0.366. The second-order valence-corrected chi connectivity index (χ2v) is 3.17. The summed E-state index contributed by atoms with van der Waals surface area (Å²) in [6.45, 7) is 2.14. The van der Waals surface area contributed by atoms with Crippen LogP contribution in [0, 0.1) is 0 Å². The van der Waals surface area contributed by atoms with E-state index < -0.39 is 0 Å². The molecule has 3 nitrogen and oxygen atoms in total. The molecule has 0 aliphatic heterocycles. The lowest BCUT2D eigenvalue weighted by molar-refractivity contribution is -0.137. The Morgan fingerprint density at radius 2 is 2.54 bits per heavy atom. The zero-order valence-electron chi connectivity index (χ0n) is 7.12. The van der Waals surface area contributed by atoms with Crippen molar-refractivity contribution >= 4 is 28.0 Å². The van der Waals surface area contributed by atoms with Gasteiger partial charge in [-0.1, -0.05) is 0 Å². The fourth-order valence-electron chi connectivity index (χ4n) is 0.756. The molecule has 1 rings (SSSR count). The van der Waals surface area contributed by atoms with Gasteiger partial charge in [-0.2, -0.15) is 0 Å². The van der Waals surface area contributed by atoms with E-state index in [4.69, 9.17) is 9.15 Å². The van der Waals surface area contributed by atoms with Crippen LogP contribution in [0.4, 0.5) is 0 Å². The second-order valence-electron chi connectivity index (χ2n) is 2.25. The first-order chi connectivity index (χ1) is 6.22. The van der Waals surface area contributed by atoms with Crippen molar-refractivity contribution in [2.75, 3.05) is 6.61 Å². The molecule has 1 aromatic rings. The van der Waals surface area contributed by atoms with Gasteiger partial charge in [-0.05, 0) is 35.0 Å². The zero-order chi connectivity index (χ0) is 9.68. The SMILES string of the molecule is CCOC(=O)/C=C/c1cc(Br)co1. The van der Waals surface area contributed by atoms with E-state index in [2.05, 4.69) is 15.9 Å². The average molecular weight is 245 g/mol. The maximum Gasteiger partial charge on any atom is 0.330 e. The van der Waals surface area contributed by atoms with E-state index in [9.17, 15) is 4.79 Å². The molecular weight excluding hydrogens is 236 g/mol. The van der Waals surface area contributed by atoms with Crippen LogP contribution in [0.15, 0.2) is 27.3 Å². The normalized spacial score (nSPS) is 10.6. The summed E-state index contributed by atoms with van der Waals surface area (Å²) in [6.07, 6.45) is 4.43. The Bertz CT molecular complexity index is 314. The molecule has 0 aromatic carbocycles. The summed E-state index contributed by atoms with van der Waals surface area (Å²) in [6, 6.07) is 1.76. The van der Waals surface area contributed by atoms with E-state index in [1.165, 1.54) is 6.08 Å². The molecule has 0 amide bonds. The lowest BCUT2D eigenvalue weighted by atomic mass is 10.4. The average Bonchev–Trinajstić information content (AvgIpc) is 2.49. The van der Waals surface area contributed by atoms with E-state index in [0.29, 0.717) is 12.4 Å². The highest BCUT2D eigenvalue weighted by Gasteiger charge is 1.97. The molecule has 1 aromatic heterocycles. The number of esters is 1. The molecule has 0 bridgehead atoms. The molecule has 0 N–H and O–H groups in total. The molecular formula is C9H9BrO3. The molecule has 0 spiro atoms. The van der Waals surface area contributed by atoms with Gasteiger partial charge < -0.3 is 9.15 Å². The first-order valence-electron chi connectivity index (χ1n) is 3.81. The summed E-state index contributed by atoms with van der Waals surface area (Å²) in [5.74, 6) is 0.245. The third-order valence-corrected chi connectivity index (χ3v) is 1.67. The van der Waals surface area contributed by atoms with Crippen LogP contribution in [-0.2, 0) is 9.53 Å². The fraction of sp³-hybridized carbons (Fsp3) is 0.222. The van der Waals surface area contributed by atoms with Gasteiger partial charge in [0, 0.05) is 6.08 Å². The summed E-state index contributed by atoms with van der Waals surface area (Å²) in [5, 5.41) is 0. The van der Waals surface area contributed by atoms with Gasteiger partial charge in [-0.25, -0.2) is 4.79 Å². The maximum atomic E-state index is 10.9. The summed E-state index contributed by atoms with van der Waals surface area (Å²) in [7, 11) is 0. The van der Waals surface area contributed by atoms with Crippen molar-refractivity contribution < 1.29 is 13.9 Å². The van der Waals surface area contributed by atoms with E-state index >= 15 is 0 Å². The molecule has 0 aliphatic rings. The van der Waals surface area contributed by atoms with Gasteiger partial charge in [0.25, 0.3) is 0 Å². The zero-order valence-corrected chi connectivity index (χ0v) is 8.71. The van der Waals surface area contributed by atoms with Crippen molar-refractivity contribution in [2.24, 2.45) is 0 Å². The third kappa shape index (κ3) is 3.46. The van der Waals surface area contributed by atoms with Crippen LogP contribution in [0.2, 0.25) is 0 Å². The van der Waals surface area contributed by atoms with Crippen molar-refractivity contribution in [3.05, 3.63) is 28.6 Å². The molecule has 0 atom stereocenters. The molecule has 13 heavy (non-hydrogen) atoms. The molecule has 0 unspecified atom stereocenters. The Hall–Kier alpha value is -1.03. The van der Waals surface area contributed by atoms with Crippen molar-refractivity contribution in [2.45, 2.75) is 6.92 Å². The van der Waals surface area contributed by atoms with Crippen molar-refractivity contribution in [3.63, 3.8) is 0 Å². The Kier molecular flexibility index (Phi) is 3.76. The second kappa shape index (κ2) is 4.87. The van der Waals surface area contributed by atoms with E-state index in [1.807, 2.05) is 0 Å². The van der Waals surface area contributed by atoms with E-state index in [0.717, 1.165) is 4.47 Å². The predicted molar refractivity (Wildman–Crippen MR) is 52.1 cm³/mol. The minimum Gasteiger partial charge on any atom is -0.464 e. The smallest absolute Gasteiger partial charge is 0.330 e. The number of furan rings is 1. The van der Waals surface area contributed by atoms with Crippen LogP contribution in [0.25, 0.3) is 6.08 Å². The lowest BCUT2D eigenvalue weighted by Gasteiger charge is -1.92. The molecule has 0 aliphatic carbocycles. The summed E-state index contributed by atoms with van der Waals surface area (Å²) >= 11 is 3.23. The van der Waals surface area contributed by atoms with Crippen LogP contribution in [0.3, 0.4) is 0 Å². The molecule has 0 fully saturated rings. The Balaban J connectivity index is 2.53. The molecule has 70 valence electrons. The monoisotopic (exact) mass is 244 g/mol. The number of rotatable bonds is 3. The van der Waals surface area contributed by atoms with E-state index in [-0.39, 0.29) is 5.97 Å². The van der Waals surface area contributed by atoms with Gasteiger partial charge in [0.15, 0.2) is 0 Å². The summed E-state index contributed by atoms with van der Waals surface area (Å²) < 4.78 is 10.6. The van der Waals surface area contributed by atoms with Gasteiger partial charge in [0.05, 0.1) is 11.1 Å². The Labute approximate surface area is 84.5 Å². The number of hydrogen-bond acceptors (Lipinski definition) is 3. The van der Waals surface area contributed by atoms with Gasteiger partial charge in [0.2, 0.25) is 0 Å². The standard InChI is InChI=1S/C9H9BrO3/c1-2-12-9(11)4-3-8-5-7(10)6-13-8/h3-6H,2H2,1H3/b4-3+. The first-order valence-corrected chi connectivity index (χ1v) is 4.60. The van der Waals surface area contributed by atoms with Gasteiger partial charge in [0.1, 0.15) is 12.0 Å². The van der Waals surface area contributed by atoms with Crippen molar-refractivity contribution in [3.8, 4) is 0 Å². The van der Waals surface area contributed by atoms with Crippen LogP contribution in [-0.4, -0.2) is 12.6 Å². The molecule has 0 radical (unpaired) electrons. The largest absolute Gasteiger partial charge is 0.464 e. The van der Waals surface area contributed by atoms with Gasteiger partial charge in [-0.15, -0.1) is 0 Å². The minimum absolute atomic E-state index is 0.366. The first kappa shape index (κ1) is 10.1. The van der Waals surface area contributed by atoms with Crippen LogP contribution in [0.1, 0.15) is 12.7 Å². The highest BCUT2D eigenvalue weighted by Crippen LogP contribution is 2.14. The number of carbonyl (C=O) groups excluding carboxylic acids is 1. The molecule has 1 heterocycles. The number of carbonyl (C=O) groups is 1. The highest BCUT2D eigenvalue weighted by molar-refractivity contribution is 9.10. The Morgan fingerprint density at radius 3 is 3.08 bits per heavy atom. The molecule has 0 saturated carbocycles. The summed E-state index contributed by atoms with van der Waals surface area (Å²) in [5.41, 5.74) is 0. The number of ether oxygens (including phenoxy) is 1. The Morgan fingerprint density at radius 1 is 1.77 bits per heavy atom. The molecule has 4 heteroatoms. The fourth-order valence-corrected chi connectivity index (χ4v) is 1.08. The predicted octanol–water partition coefficient (Wildman–Crippen LogP) is 2.62. The highest BCUT2D eigenvalue weighted by atomic mass is 79.9. The topological polar surface area (TPSA) is 39.4 Å². The maximum absolute atomic E-state index is 10.9. The van der Waals surface area contributed by atoms with Gasteiger partial charge >= 0.3 is 5.97 Å². The van der Waals surface area contributed by atoms with Crippen LogP contribution >= 0.6 is 15.9 Å². The lowest BCUT2D eigenvalue weighted by Crippen LogP contribution is -1.98.